The smallest absolute Gasteiger partial charge is 0.0233 e. The Morgan fingerprint density at radius 3 is 2.53 bits per heavy atom. The van der Waals surface area contributed by atoms with Crippen molar-refractivity contribution in [1.29, 1.82) is 0 Å². The second-order valence-corrected chi connectivity index (χ2v) is 5.20. The summed E-state index contributed by atoms with van der Waals surface area (Å²) < 4.78 is 0. The van der Waals surface area contributed by atoms with Crippen molar-refractivity contribution in [2.75, 3.05) is 13.1 Å². The molecule has 0 bridgehead atoms. The molecule has 2 heteroatoms. The fourth-order valence-corrected chi connectivity index (χ4v) is 2.46. The van der Waals surface area contributed by atoms with Crippen LogP contribution in [0.3, 0.4) is 0 Å². The number of benzene rings is 1. The van der Waals surface area contributed by atoms with E-state index in [1.807, 2.05) is 0 Å². The van der Waals surface area contributed by atoms with Gasteiger partial charge in [-0.25, -0.2) is 0 Å². The van der Waals surface area contributed by atoms with Gasteiger partial charge >= 0.3 is 0 Å². The van der Waals surface area contributed by atoms with Gasteiger partial charge in [0, 0.05) is 25.2 Å². The van der Waals surface area contributed by atoms with Crippen molar-refractivity contribution in [3.05, 3.63) is 35.9 Å². The van der Waals surface area contributed by atoms with Gasteiger partial charge in [-0.2, -0.15) is 0 Å². The predicted molar refractivity (Wildman–Crippen MR) is 73.2 cm³/mol. The van der Waals surface area contributed by atoms with Crippen molar-refractivity contribution in [1.82, 2.24) is 10.6 Å². The van der Waals surface area contributed by atoms with E-state index in [9.17, 15) is 0 Å². The zero-order valence-electron chi connectivity index (χ0n) is 10.9. The molecule has 0 saturated carbocycles. The summed E-state index contributed by atoms with van der Waals surface area (Å²) in [5.41, 5.74) is 1.42. The first-order valence-corrected chi connectivity index (χ1v) is 6.80. The SMILES string of the molecule is CCC(C)C1CNC(Cc2ccccc2)CN1. The Balaban J connectivity index is 1.80. The molecule has 1 aliphatic heterocycles. The predicted octanol–water partition coefficient (Wildman–Crippen LogP) is 2.21. The van der Waals surface area contributed by atoms with E-state index in [2.05, 4.69) is 54.8 Å². The summed E-state index contributed by atoms with van der Waals surface area (Å²) in [6.07, 6.45) is 2.38. The third kappa shape index (κ3) is 3.55. The van der Waals surface area contributed by atoms with Crippen molar-refractivity contribution in [2.45, 2.75) is 38.8 Å². The van der Waals surface area contributed by atoms with Gasteiger partial charge in [0.2, 0.25) is 0 Å². The van der Waals surface area contributed by atoms with Crippen LogP contribution in [0.25, 0.3) is 0 Å². The summed E-state index contributed by atoms with van der Waals surface area (Å²) in [6, 6.07) is 12.0. The van der Waals surface area contributed by atoms with E-state index in [0.717, 1.165) is 25.4 Å². The van der Waals surface area contributed by atoms with Gasteiger partial charge in [-0.1, -0.05) is 50.6 Å². The van der Waals surface area contributed by atoms with E-state index in [4.69, 9.17) is 0 Å². The van der Waals surface area contributed by atoms with Crippen LogP contribution >= 0.6 is 0 Å². The molecule has 1 aliphatic rings. The second kappa shape index (κ2) is 6.18. The highest BCUT2D eigenvalue weighted by Gasteiger charge is 2.22. The molecule has 0 aliphatic carbocycles. The molecule has 0 radical (unpaired) electrons. The molecule has 17 heavy (non-hydrogen) atoms. The molecular formula is C15H24N2. The lowest BCUT2D eigenvalue weighted by molar-refractivity contribution is 0.277. The zero-order chi connectivity index (χ0) is 12.1. The van der Waals surface area contributed by atoms with E-state index in [1.165, 1.54) is 12.0 Å². The monoisotopic (exact) mass is 232 g/mol. The van der Waals surface area contributed by atoms with Crippen LogP contribution in [0.2, 0.25) is 0 Å². The molecule has 0 amide bonds. The quantitative estimate of drug-likeness (QED) is 0.831. The molecule has 1 fully saturated rings. The van der Waals surface area contributed by atoms with Crippen molar-refractivity contribution in [3.63, 3.8) is 0 Å². The van der Waals surface area contributed by atoms with Crippen LogP contribution in [0.1, 0.15) is 25.8 Å². The van der Waals surface area contributed by atoms with Crippen molar-refractivity contribution in [3.8, 4) is 0 Å². The summed E-state index contributed by atoms with van der Waals surface area (Å²) in [5, 5.41) is 7.35. The van der Waals surface area contributed by atoms with Gasteiger partial charge < -0.3 is 10.6 Å². The number of nitrogens with one attached hydrogen (secondary N) is 2. The van der Waals surface area contributed by atoms with E-state index < -0.39 is 0 Å². The highest BCUT2D eigenvalue weighted by molar-refractivity contribution is 5.16. The van der Waals surface area contributed by atoms with E-state index in [1.54, 1.807) is 0 Å². The molecule has 0 aromatic heterocycles. The van der Waals surface area contributed by atoms with Gasteiger partial charge in [-0.3, -0.25) is 0 Å². The molecule has 1 heterocycles. The molecule has 2 nitrogen and oxygen atoms in total. The Labute approximate surface area is 105 Å². The maximum atomic E-state index is 3.68. The van der Waals surface area contributed by atoms with Crippen LogP contribution in [0.15, 0.2) is 30.3 Å². The maximum absolute atomic E-state index is 3.68. The molecule has 1 aromatic carbocycles. The first-order chi connectivity index (χ1) is 8.29. The first kappa shape index (κ1) is 12.6. The lowest BCUT2D eigenvalue weighted by atomic mass is 9.95. The second-order valence-electron chi connectivity index (χ2n) is 5.20. The fraction of sp³-hybridized carbons (Fsp3) is 0.600. The number of piperazine rings is 1. The van der Waals surface area contributed by atoms with Crippen LogP contribution in [0, 0.1) is 5.92 Å². The van der Waals surface area contributed by atoms with Gasteiger partial charge in [0.25, 0.3) is 0 Å². The molecule has 2 rings (SSSR count). The van der Waals surface area contributed by atoms with Gasteiger partial charge in [0.15, 0.2) is 0 Å². The minimum atomic E-state index is 0.581. The third-order valence-corrected chi connectivity index (χ3v) is 3.91. The minimum Gasteiger partial charge on any atom is -0.311 e. The van der Waals surface area contributed by atoms with Crippen LogP contribution in [0.4, 0.5) is 0 Å². The van der Waals surface area contributed by atoms with Gasteiger partial charge in [-0.15, -0.1) is 0 Å². The van der Waals surface area contributed by atoms with E-state index >= 15 is 0 Å². The van der Waals surface area contributed by atoms with E-state index in [-0.39, 0.29) is 0 Å². The highest BCUT2D eigenvalue weighted by Crippen LogP contribution is 2.11. The maximum Gasteiger partial charge on any atom is 0.0233 e. The van der Waals surface area contributed by atoms with Gasteiger partial charge in [-0.05, 0) is 17.9 Å². The topological polar surface area (TPSA) is 24.1 Å². The van der Waals surface area contributed by atoms with Crippen LogP contribution in [-0.4, -0.2) is 25.2 Å². The Hall–Kier alpha value is -0.860. The summed E-state index contributed by atoms with van der Waals surface area (Å²) in [4.78, 5) is 0. The molecule has 1 aromatic rings. The minimum absolute atomic E-state index is 0.581. The first-order valence-electron chi connectivity index (χ1n) is 6.80. The molecule has 1 saturated heterocycles. The fourth-order valence-electron chi connectivity index (χ4n) is 2.46. The Kier molecular flexibility index (Phi) is 4.57. The normalized spacial score (nSPS) is 26.7. The summed E-state index contributed by atoms with van der Waals surface area (Å²) in [6.45, 7) is 6.79. The summed E-state index contributed by atoms with van der Waals surface area (Å²) >= 11 is 0. The van der Waals surface area contributed by atoms with Crippen LogP contribution in [-0.2, 0) is 6.42 Å². The van der Waals surface area contributed by atoms with Gasteiger partial charge in [0.05, 0.1) is 0 Å². The largest absolute Gasteiger partial charge is 0.311 e. The molecule has 2 N–H and O–H groups in total. The van der Waals surface area contributed by atoms with Crippen LogP contribution in [0.5, 0.6) is 0 Å². The van der Waals surface area contributed by atoms with E-state index in [0.29, 0.717) is 12.1 Å². The lowest BCUT2D eigenvalue weighted by Gasteiger charge is -2.34. The average molecular weight is 232 g/mol. The molecular weight excluding hydrogens is 208 g/mol. The summed E-state index contributed by atoms with van der Waals surface area (Å²) in [7, 11) is 0. The molecule has 94 valence electrons. The molecule has 0 spiro atoms. The Morgan fingerprint density at radius 1 is 1.18 bits per heavy atom. The van der Waals surface area contributed by atoms with Crippen molar-refractivity contribution >= 4 is 0 Å². The zero-order valence-corrected chi connectivity index (χ0v) is 10.9. The standard InChI is InChI=1S/C15H24N2/c1-3-12(2)15-11-16-14(10-17-15)9-13-7-5-4-6-8-13/h4-8,12,14-17H,3,9-11H2,1-2H3. The third-order valence-electron chi connectivity index (χ3n) is 3.91. The number of hydrogen-bond donors (Lipinski definition) is 2. The van der Waals surface area contributed by atoms with Gasteiger partial charge in [0.1, 0.15) is 0 Å². The Morgan fingerprint density at radius 2 is 1.94 bits per heavy atom. The molecule has 3 atom stereocenters. The number of hydrogen-bond acceptors (Lipinski definition) is 2. The lowest BCUT2D eigenvalue weighted by Crippen LogP contribution is -2.57. The van der Waals surface area contributed by atoms with Crippen molar-refractivity contribution in [2.24, 2.45) is 5.92 Å². The Bertz CT molecular complexity index is 315. The molecule has 3 unspecified atom stereocenters. The van der Waals surface area contributed by atoms with Crippen LogP contribution < -0.4 is 10.6 Å². The number of rotatable bonds is 4. The summed E-state index contributed by atoms with van der Waals surface area (Å²) in [5.74, 6) is 0.764. The highest BCUT2D eigenvalue weighted by atomic mass is 15.1. The van der Waals surface area contributed by atoms with Crippen molar-refractivity contribution < 1.29 is 0 Å². The average Bonchev–Trinajstić information content (AvgIpc) is 2.40.